The molecule has 4 amide bonds. The summed E-state index contributed by atoms with van der Waals surface area (Å²) in [4.78, 5) is 54.7. The van der Waals surface area contributed by atoms with Gasteiger partial charge in [-0.2, -0.15) is 19.5 Å². The summed E-state index contributed by atoms with van der Waals surface area (Å²) >= 11 is 0. The fraction of sp³-hybridized carbons (Fsp3) is 0.778. The van der Waals surface area contributed by atoms with Gasteiger partial charge < -0.3 is 0 Å². The zero-order chi connectivity index (χ0) is 26.4. The quantitative estimate of drug-likeness (QED) is 0.313. The third-order valence-corrected chi connectivity index (χ3v) is 9.37. The highest BCUT2D eigenvalue weighted by atomic mass is 32.2. The van der Waals surface area contributed by atoms with Gasteiger partial charge in [-0.05, 0) is 13.8 Å². The second-order valence-electron chi connectivity index (χ2n) is 9.08. The van der Waals surface area contributed by atoms with E-state index in [2.05, 4.69) is 9.44 Å². The summed E-state index contributed by atoms with van der Waals surface area (Å²) in [5.41, 5.74) is 0. The Labute approximate surface area is 209 Å². The molecule has 4 rings (SSSR count). The highest BCUT2D eigenvalue weighted by molar-refractivity contribution is 7.89. The first-order valence-corrected chi connectivity index (χ1v) is 14.8. The van der Waals surface area contributed by atoms with Crippen LogP contribution in [0.25, 0.3) is 0 Å². The minimum atomic E-state index is -3.41. The Balaban J connectivity index is 1.34. The molecule has 0 bridgehead atoms. The monoisotopic (exact) mass is 550 g/mol. The van der Waals surface area contributed by atoms with E-state index >= 15 is 0 Å². The van der Waals surface area contributed by atoms with Gasteiger partial charge in [-0.15, -0.1) is 0 Å². The molecule has 2 unspecified atom stereocenters. The van der Waals surface area contributed by atoms with Crippen molar-refractivity contribution in [2.75, 3.05) is 64.1 Å². The van der Waals surface area contributed by atoms with Crippen LogP contribution in [-0.4, -0.2) is 146 Å². The Kier molecular flexibility index (Phi) is 7.50. The van der Waals surface area contributed by atoms with Crippen LogP contribution in [0.5, 0.6) is 0 Å². The predicted octanol–water partition coefficient (Wildman–Crippen LogP) is -4.68. The van der Waals surface area contributed by atoms with Crippen LogP contribution in [0.3, 0.4) is 0 Å². The lowest BCUT2D eigenvalue weighted by Crippen LogP contribution is -2.68. The first-order valence-electron chi connectivity index (χ1n) is 11.5. The minimum absolute atomic E-state index is 0.0179. The number of nitrogens with zero attached hydrogens (tertiary/aromatic N) is 6. The highest BCUT2D eigenvalue weighted by Crippen LogP contribution is 2.19. The van der Waals surface area contributed by atoms with E-state index in [4.69, 9.17) is 0 Å². The third-order valence-electron chi connectivity index (χ3n) is 6.79. The molecule has 202 valence electrons. The summed E-state index contributed by atoms with van der Waals surface area (Å²) in [5.74, 6) is -2.39. The lowest BCUT2D eigenvalue weighted by Gasteiger charge is -2.45. The molecule has 16 nitrogen and oxygen atoms in total. The zero-order valence-electron chi connectivity index (χ0n) is 20.0. The molecule has 2 N–H and O–H groups in total. The first kappa shape index (κ1) is 27.0. The number of amides is 4. The SMILES string of the molecule is CC1C(=O)N(N2CCS(=O)(=O)NC2)C(=O)CN1CCN1CC(=O)N(N2CCS(=O)(=O)NC2)C(=O)C1C. The Morgan fingerprint density at radius 1 is 0.694 bits per heavy atom. The number of hydrazine groups is 2. The van der Waals surface area contributed by atoms with Crippen molar-refractivity contribution in [3.63, 3.8) is 0 Å². The van der Waals surface area contributed by atoms with Gasteiger partial charge in [0.05, 0.1) is 50.0 Å². The van der Waals surface area contributed by atoms with E-state index in [1.807, 2.05) is 0 Å². The van der Waals surface area contributed by atoms with Crippen molar-refractivity contribution < 1.29 is 36.0 Å². The van der Waals surface area contributed by atoms with Crippen molar-refractivity contribution in [2.24, 2.45) is 0 Å². The number of nitrogens with one attached hydrogen (secondary N) is 2. The average Bonchev–Trinajstić information content (AvgIpc) is 2.80. The second kappa shape index (κ2) is 10.0. The number of hydrogen-bond donors (Lipinski definition) is 2. The molecule has 0 radical (unpaired) electrons. The predicted molar refractivity (Wildman–Crippen MR) is 123 cm³/mol. The molecule has 0 aromatic rings. The number of sulfonamides is 2. The Hall–Kier alpha value is -2.06. The van der Waals surface area contributed by atoms with Crippen molar-refractivity contribution in [1.82, 2.24) is 39.3 Å². The Morgan fingerprint density at radius 3 is 1.36 bits per heavy atom. The van der Waals surface area contributed by atoms with Gasteiger partial charge in [0, 0.05) is 26.2 Å². The van der Waals surface area contributed by atoms with E-state index in [9.17, 15) is 36.0 Å². The topological polar surface area (TPSA) is 180 Å². The molecule has 0 aliphatic carbocycles. The maximum absolute atomic E-state index is 13.0. The largest absolute Gasteiger partial charge is 0.282 e. The van der Waals surface area contributed by atoms with Gasteiger partial charge >= 0.3 is 0 Å². The molecular weight excluding hydrogens is 520 g/mol. The van der Waals surface area contributed by atoms with Crippen LogP contribution in [0.1, 0.15) is 13.8 Å². The second-order valence-corrected chi connectivity index (χ2v) is 12.9. The summed E-state index contributed by atoms with van der Waals surface area (Å²) in [6.45, 7) is 3.31. The number of carbonyl (C=O) groups is 4. The van der Waals surface area contributed by atoms with Gasteiger partial charge in [0.2, 0.25) is 20.0 Å². The van der Waals surface area contributed by atoms with Crippen molar-refractivity contribution in [2.45, 2.75) is 25.9 Å². The van der Waals surface area contributed by atoms with Crippen LogP contribution >= 0.6 is 0 Å². The zero-order valence-corrected chi connectivity index (χ0v) is 21.6. The molecule has 4 aliphatic heterocycles. The molecule has 4 heterocycles. The van der Waals surface area contributed by atoms with E-state index < -0.39 is 55.8 Å². The van der Waals surface area contributed by atoms with Crippen molar-refractivity contribution in [1.29, 1.82) is 0 Å². The Bertz CT molecular complexity index is 1040. The number of carbonyl (C=O) groups excluding carboxylic acids is 4. The minimum Gasteiger partial charge on any atom is -0.282 e. The number of piperazine rings is 2. The Morgan fingerprint density at radius 2 is 1.06 bits per heavy atom. The average molecular weight is 551 g/mol. The maximum atomic E-state index is 13.0. The summed E-state index contributed by atoms with van der Waals surface area (Å²) in [6.07, 6.45) is 0. The van der Waals surface area contributed by atoms with E-state index in [-0.39, 0.29) is 64.1 Å². The maximum Gasteiger partial charge on any atom is 0.261 e. The van der Waals surface area contributed by atoms with Crippen molar-refractivity contribution in [3.8, 4) is 0 Å². The third kappa shape index (κ3) is 5.44. The standard InChI is InChI=1S/C18H30N8O8S2/c1-13-17(29)25(23-5-7-35(31,32)19-11-23)15(27)9-21(13)3-4-22-10-16(28)26(18(30)14(22)2)24-6-8-36(33,34)20-12-24/h13-14,19-20H,3-12H2,1-2H3. The van der Waals surface area contributed by atoms with E-state index in [1.54, 1.807) is 23.6 Å². The number of hydrogen-bond acceptors (Lipinski definition) is 12. The fourth-order valence-electron chi connectivity index (χ4n) is 4.50. The summed E-state index contributed by atoms with van der Waals surface area (Å²) in [5, 5.41) is 4.73. The molecule has 4 aliphatic rings. The van der Waals surface area contributed by atoms with Crippen LogP contribution < -0.4 is 9.44 Å². The number of imide groups is 2. The van der Waals surface area contributed by atoms with Crippen LogP contribution in [0.4, 0.5) is 0 Å². The summed E-state index contributed by atoms with van der Waals surface area (Å²) < 4.78 is 51.0. The summed E-state index contributed by atoms with van der Waals surface area (Å²) in [7, 11) is -6.83. The number of rotatable bonds is 5. The van der Waals surface area contributed by atoms with Crippen LogP contribution in [0.15, 0.2) is 0 Å². The van der Waals surface area contributed by atoms with Crippen LogP contribution in [0.2, 0.25) is 0 Å². The van der Waals surface area contributed by atoms with Gasteiger partial charge in [0.1, 0.15) is 0 Å². The van der Waals surface area contributed by atoms with E-state index in [0.717, 1.165) is 10.0 Å². The molecule has 36 heavy (non-hydrogen) atoms. The molecule has 2 atom stereocenters. The molecular formula is C18H30N8O8S2. The highest BCUT2D eigenvalue weighted by Gasteiger charge is 2.44. The van der Waals surface area contributed by atoms with Crippen molar-refractivity contribution >= 4 is 43.7 Å². The lowest BCUT2D eigenvalue weighted by molar-refractivity contribution is -0.179. The lowest BCUT2D eigenvalue weighted by atomic mass is 10.1. The molecule has 4 saturated heterocycles. The van der Waals surface area contributed by atoms with E-state index in [1.165, 1.54) is 10.0 Å². The molecule has 4 fully saturated rings. The summed E-state index contributed by atoms with van der Waals surface area (Å²) in [6, 6.07) is -1.35. The molecule has 0 saturated carbocycles. The molecule has 0 aromatic carbocycles. The van der Waals surface area contributed by atoms with Gasteiger partial charge in [0.25, 0.3) is 23.6 Å². The van der Waals surface area contributed by atoms with Crippen molar-refractivity contribution in [3.05, 3.63) is 0 Å². The molecule has 0 spiro atoms. The fourth-order valence-corrected chi connectivity index (χ4v) is 6.39. The molecule has 0 aromatic heterocycles. The normalized spacial score (nSPS) is 31.3. The van der Waals surface area contributed by atoms with Gasteiger partial charge in [-0.1, -0.05) is 0 Å². The smallest absolute Gasteiger partial charge is 0.261 e. The van der Waals surface area contributed by atoms with E-state index in [0.29, 0.717) is 0 Å². The first-order chi connectivity index (χ1) is 16.8. The van der Waals surface area contributed by atoms with Crippen LogP contribution in [0, 0.1) is 0 Å². The molecule has 18 heteroatoms. The van der Waals surface area contributed by atoms with Gasteiger partial charge in [0.15, 0.2) is 0 Å². The van der Waals surface area contributed by atoms with Gasteiger partial charge in [-0.25, -0.2) is 26.9 Å². The van der Waals surface area contributed by atoms with Gasteiger partial charge in [-0.3, -0.25) is 29.0 Å². The van der Waals surface area contributed by atoms with Crippen LogP contribution in [-0.2, 0) is 39.2 Å².